The SMILES string of the molecule is C.C.C.C.CCC(C(F)(F)F)C(F)(F)F.CCCC(F)(F)F.CCN1C(=O)CCC1=O.CCN1CCCC1=O.CCc1c(C)c(F)c(F)c(F)c1F.CCc1c(Cl)c(Cl)c(Cl)c(Cl)c1Cl.CCc1ccc([N+](=O)[O-])cc1.CCc1cccc([N+](=O)[O-])c1.CCn1nnc2ccccc2c1=O. The molecule has 2 aliphatic rings. The van der Waals surface area contributed by atoms with E-state index >= 15 is 0 Å². The van der Waals surface area contributed by atoms with Crippen LogP contribution in [-0.2, 0) is 46.6 Å². The minimum Gasteiger partial charge on any atom is -0.343 e. The van der Waals surface area contributed by atoms with Crippen molar-refractivity contribution in [3.63, 3.8) is 0 Å². The highest BCUT2D eigenvalue weighted by Crippen LogP contribution is 2.44. The van der Waals surface area contributed by atoms with E-state index in [1.54, 1.807) is 50.2 Å². The van der Waals surface area contributed by atoms with Crippen LogP contribution in [0.1, 0.15) is 165 Å². The van der Waals surface area contributed by atoms with Crippen molar-refractivity contribution in [1.29, 1.82) is 0 Å². The number of halogens is 18. The first kappa shape index (κ1) is 102. The number of carbonyl (C=O) groups excluding carboxylic acids is 3. The summed E-state index contributed by atoms with van der Waals surface area (Å²) in [6.07, 6.45) is -10.5. The van der Waals surface area contributed by atoms with Crippen molar-refractivity contribution < 1.29 is 81.3 Å². The Morgan fingerprint density at radius 2 is 1.00 bits per heavy atom. The summed E-state index contributed by atoms with van der Waals surface area (Å²) in [5, 5.41) is 30.3. The van der Waals surface area contributed by atoms with Crippen LogP contribution in [0.4, 0.5) is 68.5 Å². The number of non-ortho nitro benzene ring substituents is 2. The Bertz CT molecular complexity index is 3390. The molecule has 2 saturated heterocycles. The second-order valence-corrected chi connectivity index (χ2v) is 21.8. The van der Waals surface area contributed by atoms with Gasteiger partial charge in [-0.25, -0.2) is 22.2 Å². The Morgan fingerprint density at radius 1 is 0.530 bits per heavy atom. The number of hydrogen-bond donors (Lipinski definition) is 0. The van der Waals surface area contributed by atoms with E-state index in [4.69, 9.17) is 58.0 Å². The number of alkyl halides is 9. The smallest absolute Gasteiger partial charge is 0.343 e. The third-order valence-electron chi connectivity index (χ3n) is 13.4. The number of amides is 3. The maximum absolute atomic E-state index is 12.9. The van der Waals surface area contributed by atoms with Crippen molar-refractivity contribution in [3.8, 4) is 0 Å². The van der Waals surface area contributed by atoms with E-state index in [1.165, 1.54) is 41.6 Å². The Labute approximate surface area is 600 Å². The van der Waals surface area contributed by atoms with Crippen LogP contribution in [0.3, 0.4) is 0 Å². The maximum atomic E-state index is 12.9. The van der Waals surface area contributed by atoms with Gasteiger partial charge in [-0.3, -0.25) is 44.3 Å². The molecule has 15 nitrogen and oxygen atoms in total. The van der Waals surface area contributed by atoms with Gasteiger partial charge in [-0.2, -0.15) is 39.5 Å². The zero-order valence-corrected chi connectivity index (χ0v) is 57.6. The number of nitrogens with zero attached hydrogens (tertiary/aromatic N) is 7. The van der Waals surface area contributed by atoms with E-state index in [9.17, 15) is 96.5 Å². The number of rotatable bonds is 11. The number of carbonyl (C=O) groups is 3. The van der Waals surface area contributed by atoms with Gasteiger partial charge in [0.05, 0.1) is 40.3 Å². The molecule has 0 spiro atoms. The quantitative estimate of drug-likeness (QED) is 0.0301. The van der Waals surface area contributed by atoms with Gasteiger partial charge in [0, 0.05) is 76.1 Å². The summed E-state index contributed by atoms with van der Waals surface area (Å²) in [5.74, 6) is -8.99. The highest BCUT2D eigenvalue weighted by Gasteiger charge is 2.55. The van der Waals surface area contributed by atoms with Crippen molar-refractivity contribution in [2.75, 3.05) is 19.6 Å². The summed E-state index contributed by atoms with van der Waals surface area (Å²) in [6, 6.07) is 20.5. The topological polar surface area (TPSA) is 192 Å². The minimum absolute atomic E-state index is 0. The summed E-state index contributed by atoms with van der Waals surface area (Å²) in [6.45, 7) is 19.7. The molecule has 8 rings (SSSR count). The molecule has 0 aliphatic carbocycles. The van der Waals surface area contributed by atoms with Crippen molar-refractivity contribution in [2.45, 2.75) is 195 Å². The molecule has 0 N–H and O–H groups in total. The number of hydrogen-bond acceptors (Lipinski definition) is 10. The summed E-state index contributed by atoms with van der Waals surface area (Å²) in [5.41, 5.74) is 3.46. The summed E-state index contributed by atoms with van der Waals surface area (Å²) < 4.78 is 154. The van der Waals surface area contributed by atoms with E-state index in [1.807, 2.05) is 57.7 Å². The van der Waals surface area contributed by atoms with Crippen LogP contribution in [-0.4, -0.2) is 90.5 Å². The van der Waals surface area contributed by atoms with Gasteiger partial charge in [0.25, 0.3) is 16.9 Å². The maximum Gasteiger partial charge on any atom is 0.400 e. The molecule has 0 bridgehead atoms. The summed E-state index contributed by atoms with van der Waals surface area (Å²) in [7, 11) is 0. The van der Waals surface area contributed by atoms with Crippen molar-refractivity contribution in [3.05, 3.63) is 180 Å². The second kappa shape index (κ2) is 49.6. The monoisotopic (exact) mass is 1540 g/mol. The van der Waals surface area contributed by atoms with Crippen LogP contribution in [0.25, 0.3) is 10.9 Å². The average Bonchev–Trinajstić information content (AvgIpc) is 1.15. The molecule has 5 aromatic carbocycles. The summed E-state index contributed by atoms with van der Waals surface area (Å²) in [4.78, 5) is 66.7. The molecule has 33 heteroatoms. The molecule has 0 saturated carbocycles. The number of imide groups is 1. The van der Waals surface area contributed by atoms with E-state index in [0.29, 0.717) is 59.2 Å². The third kappa shape index (κ3) is 33.7. The van der Waals surface area contributed by atoms with Crippen LogP contribution >= 0.6 is 58.0 Å². The molecule has 1 aromatic heterocycles. The van der Waals surface area contributed by atoms with Gasteiger partial charge in [0.2, 0.25) is 17.7 Å². The predicted molar refractivity (Wildman–Crippen MR) is 373 cm³/mol. The molecular formula is C67H89Cl5F13N7O8. The Balaban J connectivity index is -0.000000339. The van der Waals surface area contributed by atoms with Crippen LogP contribution in [0.15, 0.2) is 77.6 Å². The normalized spacial score (nSPS) is 12.0. The molecule has 3 amide bonds. The lowest BCUT2D eigenvalue weighted by Gasteiger charge is -2.20. The molecule has 100 heavy (non-hydrogen) atoms. The molecule has 0 radical (unpaired) electrons. The first-order valence-electron chi connectivity index (χ1n) is 29.6. The second-order valence-electron chi connectivity index (χ2n) is 19.9. The van der Waals surface area contributed by atoms with Crippen LogP contribution < -0.4 is 5.56 Å². The molecule has 6 aromatic rings. The fourth-order valence-electron chi connectivity index (χ4n) is 8.09. The first-order chi connectivity index (χ1) is 44.7. The van der Waals surface area contributed by atoms with Gasteiger partial charge in [-0.15, -0.1) is 5.10 Å². The number of fused-ring (bicyclic) bond motifs is 1. The fourth-order valence-corrected chi connectivity index (χ4v) is 9.53. The van der Waals surface area contributed by atoms with Gasteiger partial charge < -0.3 is 4.90 Å². The molecule has 0 unspecified atom stereocenters. The highest BCUT2D eigenvalue weighted by atomic mass is 35.5. The first-order valence-corrected chi connectivity index (χ1v) is 31.5. The lowest BCUT2D eigenvalue weighted by molar-refractivity contribution is -0.385. The van der Waals surface area contributed by atoms with E-state index in [2.05, 4.69) is 10.3 Å². The minimum atomic E-state index is -5.17. The van der Waals surface area contributed by atoms with Gasteiger partial charge in [0.15, 0.2) is 23.3 Å². The van der Waals surface area contributed by atoms with Crippen LogP contribution in [0, 0.1) is 56.3 Å². The van der Waals surface area contributed by atoms with Gasteiger partial charge in [0.1, 0.15) is 11.4 Å². The standard InChI is InChI=1S/C9H8F4.C9H9N3O.C8H5Cl5.2C8H9NO2.C6H9NO2.C6H11NO.C5H6F6.C4H7F3.4CH4/c1-3-5-4(2)6(10)8(12)9(13)7(5)11;1-2-12-9(13)7-5-3-4-6-8(7)10-11-12;1-2-3-4(9)6(11)8(13)7(12)5(3)10;1-2-7-3-5-8(6-4-7)9(10)11;1-2-7-4-3-5-8(6-7)9(10)11;1-2-7-5(8)3-4-6(7)9;1-2-7-5-3-4-6(7)8;1-2-3(4(6,7)8)5(9,10)11;1-2-3-4(5,6)7;;;;/h3H2,1-2H3;3-6H,2H2,1H3;2H2,1H3;2*3-6H,2H2,1H3;2-4H2,1H3;2-5H2,1H3;3H,2H2,1H3;2-3H2,1H3;4*1H4. The van der Waals surface area contributed by atoms with Gasteiger partial charge in [-0.1, -0.05) is 171 Å². The van der Waals surface area contributed by atoms with Crippen LogP contribution in [0.5, 0.6) is 0 Å². The molecule has 3 heterocycles. The predicted octanol–water partition coefficient (Wildman–Crippen LogP) is 22.6. The highest BCUT2D eigenvalue weighted by molar-refractivity contribution is 6.55. The van der Waals surface area contributed by atoms with Crippen molar-refractivity contribution in [2.24, 2.45) is 5.92 Å². The zero-order chi connectivity index (χ0) is 74.2. The molecule has 2 aliphatic heterocycles. The number of nitro benzene ring substituents is 2. The average molecular weight is 1540 g/mol. The number of nitro groups is 2. The van der Waals surface area contributed by atoms with Crippen LogP contribution in [0.2, 0.25) is 25.1 Å². The number of aromatic nitrogens is 3. The Hall–Kier alpha value is -6.88. The van der Waals surface area contributed by atoms with Gasteiger partial charge >= 0.3 is 18.5 Å². The van der Waals surface area contributed by atoms with Crippen molar-refractivity contribution in [1.82, 2.24) is 24.8 Å². The Kier molecular flexibility index (Phi) is 50.5. The molecule has 2 fully saturated rings. The van der Waals surface area contributed by atoms with Gasteiger partial charge in [-0.05, 0) is 113 Å². The number of benzene rings is 5. The molecule has 0 atom stereocenters. The van der Waals surface area contributed by atoms with E-state index in [-0.39, 0.29) is 107 Å². The largest absolute Gasteiger partial charge is 0.400 e. The number of likely N-dealkylation sites (tertiary alicyclic amines) is 2. The molecular weight excluding hydrogens is 1460 g/mol. The zero-order valence-electron chi connectivity index (χ0n) is 53.8. The Morgan fingerprint density at radius 3 is 1.34 bits per heavy atom. The van der Waals surface area contributed by atoms with E-state index < -0.39 is 60.6 Å². The lowest BCUT2D eigenvalue weighted by Crippen LogP contribution is -2.35. The molecule has 566 valence electrons. The number of aryl methyl sites for hydroxylation is 3. The van der Waals surface area contributed by atoms with E-state index in [0.717, 1.165) is 62.4 Å². The van der Waals surface area contributed by atoms with Crippen molar-refractivity contribution >= 4 is 98.0 Å². The third-order valence-corrected chi connectivity index (χ3v) is 15.8. The summed E-state index contributed by atoms with van der Waals surface area (Å²) >= 11 is 29.3. The lowest BCUT2D eigenvalue weighted by atomic mass is 10.0. The fraction of sp³-hybridized carbons (Fsp3) is 0.493.